The van der Waals surface area contributed by atoms with E-state index in [-0.39, 0.29) is 11.4 Å². The van der Waals surface area contributed by atoms with Gasteiger partial charge in [-0.3, -0.25) is 4.31 Å². The highest BCUT2D eigenvalue weighted by atomic mass is 32.2. The molecule has 0 amide bonds. The third kappa shape index (κ3) is 4.12. The van der Waals surface area contributed by atoms with Gasteiger partial charge in [0.25, 0.3) is 10.0 Å². The highest BCUT2D eigenvalue weighted by molar-refractivity contribution is 7.92. The zero-order valence-corrected chi connectivity index (χ0v) is 16.9. The lowest BCUT2D eigenvalue weighted by Gasteiger charge is -2.25. The van der Waals surface area contributed by atoms with Crippen LogP contribution in [0.1, 0.15) is 11.1 Å². The van der Waals surface area contributed by atoms with Crippen molar-refractivity contribution in [1.82, 2.24) is 0 Å². The summed E-state index contributed by atoms with van der Waals surface area (Å²) in [4.78, 5) is 0.206. The average Bonchev–Trinajstić information content (AvgIpc) is 2.73. The third-order valence-electron chi connectivity index (χ3n) is 4.58. The first-order valence-electron chi connectivity index (χ1n) is 8.81. The number of methoxy groups -OCH3 is 2. The molecule has 0 fully saturated rings. The Hall–Kier alpha value is -2.99. The van der Waals surface area contributed by atoms with Gasteiger partial charge in [0, 0.05) is 0 Å². The number of rotatable bonds is 7. The van der Waals surface area contributed by atoms with Gasteiger partial charge in [-0.2, -0.15) is 0 Å². The molecule has 146 valence electrons. The van der Waals surface area contributed by atoms with Crippen LogP contribution in [0.25, 0.3) is 0 Å². The molecule has 28 heavy (non-hydrogen) atoms. The van der Waals surface area contributed by atoms with Crippen LogP contribution < -0.4 is 13.8 Å². The number of benzene rings is 3. The monoisotopic (exact) mass is 397 g/mol. The van der Waals surface area contributed by atoms with Crippen LogP contribution in [0.15, 0.2) is 77.7 Å². The van der Waals surface area contributed by atoms with E-state index in [4.69, 9.17) is 9.47 Å². The Labute approximate surface area is 166 Å². The molecular formula is C22H23NO4S. The second-order valence-electron chi connectivity index (χ2n) is 6.31. The van der Waals surface area contributed by atoms with E-state index in [1.807, 2.05) is 31.2 Å². The predicted molar refractivity (Wildman–Crippen MR) is 111 cm³/mol. The quantitative estimate of drug-likeness (QED) is 0.593. The molecule has 0 aliphatic carbocycles. The van der Waals surface area contributed by atoms with Crippen molar-refractivity contribution in [3.05, 3.63) is 83.9 Å². The largest absolute Gasteiger partial charge is 0.497 e. The van der Waals surface area contributed by atoms with E-state index in [0.717, 1.165) is 11.1 Å². The summed E-state index contributed by atoms with van der Waals surface area (Å²) >= 11 is 0. The van der Waals surface area contributed by atoms with Crippen molar-refractivity contribution in [2.75, 3.05) is 18.5 Å². The molecule has 0 radical (unpaired) electrons. The lowest BCUT2D eigenvalue weighted by molar-refractivity contribution is 0.414. The Bertz CT molecular complexity index is 1030. The number of nitrogens with zero attached hydrogens (tertiary/aromatic N) is 1. The van der Waals surface area contributed by atoms with Crippen LogP contribution in [-0.4, -0.2) is 22.6 Å². The molecule has 6 heteroatoms. The van der Waals surface area contributed by atoms with Gasteiger partial charge in [0.05, 0.1) is 31.3 Å². The summed E-state index contributed by atoms with van der Waals surface area (Å²) in [5, 5.41) is 0. The summed E-state index contributed by atoms with van der Waals surface area (Å²) in [6.45, 7) is 2.20. The number of aryl methyl sites for hydroxylation is 1. The second kappa shape index (κ2) is 8.35. The van der Waals surface area contributed by atoms with Crippen molar-refractivity contribution < 1.29 is 17.9 Å². The minimum absolute atomic E-state index is 0.206. The summed E-state index contributed by atoms with van der Waals surface area (Å²) < 4.78 is 38.7. The van der Waals surface area contributed by atoms with Crippen molar-refractivity contribution in [2.45, 2.75) is 18.4 Å². The zero-order chi connectivity index (χ0) is 20.1. The van der Waals surface area contributed by atoms with Crippen LogP contribution in [0.3, 0.4) is 0 Å². The fourth-order valence-corrected chi connectivity index (χ4v) is 4.32. The van der Waals surface area contributed by atoms with E-state index >= 15 is 0 Å². The molecule has 3 aromatic carbocycles. The highest BCUT2D eigenvalue weighted by Crippen LogP contribution is 2.29. The average molecular weight is 397 g/mol. The van der Waals surface area contributed by atoms with Crippen LogP contribution >= 0.6 is 0 Å². The number of anilines is 1. The van der Waals surface area contributed by atoms with Gasteiger partial charge in [0.2, 0.25) is 0 Å². The summed E-state index contributed by atoms with van der Waals surface area (Å²) in [5.41, 5.74) is 2.54. The van der Waals surface area contributed by atoms with Crippen LogP contribution in [0.4, 0.5) is 5.69 Å². The second-order valence-corrected chi connectivity index (χ2v) is 8.17. The Morgan fingerprint density at radius 3 is 1.86 bits per heavy atom. The topological polar surface area (TPSA) is 55.8 Å². The number of ether oxygens (including phenoxy) is 2. The molecule has 0 saturated carbocycles. The fourth-order valence-electron chi connectivity index (χ4n) is 2.88. The smallest absolute Gasteiger partial charge is 0.264 e. The third-order valence-corrected chi connectivity index (χ3v) is 6.37. The van der Waals surface area contributed by atoms with Crippen LogP contribution in [0.5, 0.6) is 11.5 Å². The Morgan fingerprint density at radius 2 is 1.32 bits per heavy atom. The number of hydrogen-bond acceptors (Lipinski definition) is 4. The highest BCUT2D eigenvalue weighted by Gasteiger charge is 2.26. The molecule has 0 heterocycles. The SMILES string of the molecule is COc1ccc(N(Cc2ccccc2C)S(=O)(=O)c2ccc(OC)cc2)cc1. The normalized spacial score (nSPS) is 11.1. The summed E-state index contributed by atoms with van der Waals surface area (Å²) in [6.07, 6.45) is 0. The molecule has 0 spiro atoms. The summed E-state index contributed by atoms with van der Waals surface area (Å²) in [5.74, 6) is 1.27. The van der Waals surface area contributed by atoms with Crippen molar-refractivity contribution in [2.24, 2.45) is 0 Å². The maximum absolute atomic E-state index is 13.5. The maximum atomic E-state index is 13.5. The first kappa shape index (κ1) is 19.8. The maximum Gasteiger partial charge on any atom is 0.264 e. The first-order valence-corrected chi connectivity index (χ1v) is 10.2. The Kier molecular flexibility index (Phi) is 5.90. The van der Waals surface area contributed by atoms with Crippen LogP contribution in [-0.2, 0) is 16.6 Å². The van der Waals surface area contributed by atoms with Gasteiger partial charge in [-0.05, 0) is 66.6 Å². The molecule has 5 nitrogen and oxygen atoms in total. The van der Waals surface area contributed by atoms with Crippen molar-refractivity contribution in [3.63, 3.8) is 0 Å². The molecule has 0 N–H and O–H groups in total. The van der Waals surface area contributed by atoms with Crippen molar-refractivity contribution in [1.29, 1.82) is 0 Å². The molecule has 3 rings (SSSR count). The minimum atomic E-state index is -3.78. The molecule has 0 aliphatic rings. The summed E-state index contributed by atoms with van der Waals surface area (Å²) in [7, 11) is -0.652. The van der Waals surface area contributed by atoms with E-state index in [0.29, 0.717) is 17.2 Å². The lowest BCUT2D eigenvalue weighted by Crippen LogP contribution is -2.30. The van der Waals surface area contributed by atoms with Crippen molar-refractivity contribution >= 4 is 15.7 Å². The molecule has 0 saturated heterocycles. The van der Waals surface area contributed by atoms with E-state index in [2.05, 4.69) is 0 Å². The van der Waals surface area contributed by atoms with Gasteiger partial charge in [0.15, 0.2) is 0 Å². The zero-order valence-electron chi connectivity index (χ0n) is 16.1. The molecule has 3 aromatic rings. The predicted octanol–water partition coefficient (Wildman–Crippen LogP) is 4.41. The summed E-state index contributed by atoms with van der Waals surface area (Å²) in [6, 6.07) is 21.2. The van der Waals surface area contributed by atoms with Gasteiger partial charge in [-0.15, -0.1) is 0 Å². The minimum Gasteiger partial charge on any atom is -0.497 e. The first-order chi connectivity index (χ1) is 13.5. The van der Waals surface area contributed by atoms with E-state index in [1.54, 1.807) is 62.8 Å². The molecule has 0 atom stereocenters. The van der Waals surface area contributed by atoms with Gasteiger partial charge in [-0.1, -0.05) is 24.3 Å². The molecular weight excluding hydrogens is 374 g/mol. The van der Waals surface area contributed by atoms with E-state index in [1.165, 1.54) is 4.31 Å². The van der Waals surface area contributed by atoms with Gasteiger partial charge < -0.3 is 9.47 Å². The molecule has 0 unspecified atom stereocenters. The lowest BCUT2D eigenvalue weighted by atomic mass is 10.1. The standard InChI is InChI=1S/C22H23NO4S/c1-17-6-4-5-7-18(17)16-23(19-8-10-20(26-2)11-9-19)28(24,25)22-14-12-21(27-3)13-15-22/h4-15H,16H2,1-3H3. The fraction of sp³-hybridized carbons (Fsp3) is 0.182. The molecule has 0 aliphatic heterocycles. The van der Waals surface area contributed by atoms with Crippen molar-refractivity contribution in [3.8, 4) is 11.5 Å². The molecule has 0 aromatic heterocycles. The van der Waals surface area contributed by atoms with Gasteiger partial charge >= 0.3 is 0 Å². The van der Waals surface area contributed by atoms with Gasteiger partial charge in [-0.25, -0.2) is 8.42 Å². The van der Waals surface area contributed by atoms with E-state index in [9.17, 15) is 8.42 Å². The Morgan fingerprint density at radius 1 is 0.786 bits per heavy atom. The number of hydrogen-bond donors (Lipinski definition) is 0. The van der Waals surface area contributed by atoms with E-state index < -0.39 is 10.0 Å². The van der Waals surface area contributed by atoms with Gasteiger partial charge in [0.1, 0.15) is 11.5 Å². The number of sulfonamides is 1. The van der Waals surface area contributed by atoms with Crippen LogP contribution in [0, 0.1) is 6.92 Å². The van der Waals surface area contributed by atoms with Crippen LogP contribution in [0.2, 0.25) is 0 Å². The molecule has 0 bridgehead atoms. The Balaban J connectivity index is 2.06.